The monoisotopic (exact) mass is 437 g/mol. The van der Waals surface area contributed by atoms with Gasteiger partial charge in [0, 0.05) is 11.1 Å². The average Bonchev–Trinajstić information content (AvgIpc) is 2.84. The summed E-state index contributed by atoms with van der Waals surface area (Å²) in [6.45, 7) is 3.93. The number of benzene rings is 3. The summed E-state index contributed by atoms with van der Waals surface area (Å²) in [4.78, 5) is 27.9. The minimum Gasteiger partial charge on any atom is -0.444 e. The fourth-order valence-corrected chi connectivity index (χ4v) is 3.03. The Morgan fingerprint density at radius 2 is 1.61 bits per heavy atom. The second-order valence-corrected chi connectivity index (χ2v) is 7.47. The van der Waals surface area contributed by atoms with E-state index in [0.29, 0.717) is 22.4 Å². The molecule has 0 fully saturated rings. The van der Waals surface area contributed by atoms with Gasteiger partial charge in [0.1, 0.15) is 0 Å². The Bertz CT molecular complexity index is 1250. The number of carbonyl (C=O) groups is 2. The van der Waals surface area contributed by atoms with Crippen LogP contribution < -0.4 is 5.32 Å². The second kappa shape index (κ2) is 11.2. The van der Waals surface area contributed by atoms with Gasteiger partial charge in [0.25, 0.3) is 5.91 Å². The van der Waals surface area contributed by atoms with E-state index < -0.39 is 5.97 Å². The van der Waals surface area contributed by atoms with E-state index in [1.165, 1.54) is 0 Å². The number of rotatable bonds is 6. The van der Waals surface area contributed by atoms with E-state index in [9.17, 15) is 15.1 Å². The zero-order valence-electron chi connectivity index (χ0n) is 18.4. The summed E-state index contributed by atoms with van der Waals surface area (Å²) >= 11 is 0. The molecule has 0 saturated carbocycles. The molecule has 0 heterocycles. The highest BCUT2D eigenvalue weighted by Crippen LogP contribution is 2.22. The summed E-state index contributed by atoms with van der Waals surface area (Å²) in [5, 5.41) is 2.89. The largest absolute Gasteiger partial charge is 0.444 e. The van der Waals surface area contributed by atoms with Crippen molar-refractivity contribution in [3.05, 3.63) is 107 Å². The molecule has 33 heavy (non-hydrogen) atoms. The van der Waals surface area contributed by atoms with Crippen LogP contribution >= 0.6 is 0 Å². The molecule has 0 aliphatic heterocycles. The average molecular weight is 437 g/mol. The number of carbonyl (C=O) groups excluding carboxylic acids is 2. The Morgan fingerprint density at radius 1 is 0.970 bits per heavy atom. The molecule has 3 aromatic rings. The van der Waals surface area contributed by atoms with Crippen molar-refractivity contribution in [3.8, 4) is 11.8 Å². The van der Waals surface area contributed by atoms with Crippen LogP contribution in [0, 0.1) is 11.8 Å². The molecule has 0 bridgehead atoms. The van der Waals surface area contributed by atoms with Crippen LogP contribution in [-0.2, 0) is 9.53 Å². The smallest absolute Gasteiger partial charge is 0.423 e. The molecule has 0 radical (unpaired) electrons. The number of amides is 1. The molecule has 164 valence electrons. The van der Waals surface area contributed by atoms with Crippen LogP contribution in [0.5, 0.6) is 0 Å². The standard InChI is InChI=1S/C27H23N3O3/c1-19(2)22-15-16-24(29-26(31)21-12-7-4-8-13-21)23(18-22)14-9-17-33-27(32)25(30-28)20-10-5-3-6-11-20/h3-8,10-13,15-16,18-19H,17H2,1-2H3,(H,29,31). The van der Waals surface area contributed by atoms with Crippen LogP contribution in [0.25, 0.3) is 5.53 Å². The van der Waals surface area contributed by atoms with Gasteiger partial charge in [0.15, 0.2) is 6.61 Å². The quantitative estimate of drug-likeness (QED) is 0.200. The van der Waals surface area contributed by atoms with Crippen molar-refractivity contribution in [1.29, 1.82) is 0 Å². The van der Waals surface area contributed by atoms with Crippen molar-refractivity contribution < 1.29 is 19.1 Å². The van der Waals surface area contributed by atoms with Crippen LogP contribution in [-0.4, -0.2) is 29.0 Å². The van der Waals surface area contributed by atoms with Gasteiger partial charge >= 0.3 is 11.7 Å². The lowest BCUT2D eigenvalue weighted by molar-refractivity contribution is -0.138. The van der Waals surface area contributed by atoms with Gasteiger partial charge in [-0.05, 0) is 47.9 Å². The normalized spacial score (nSPS) is 9.91. The molecule has 0 aliphatic carbocycles. The maximum absolute atomic E-state index is 12.6. The van der Waals surface area contributed by atoms with Crippen LogP contribution in [0.3, 0.4) is 0 Å². The highest BCUT2D eigenvalue weighted by Gasteiger charge is 2.23. The maximum Gasteiger partial charge on any atom is 0.423 e. The lowest BCUT2D eigenvalue weighted by Gasteiger charge is -2.11. The van der Waals surface area contributed by atoms with E-state index in [-0.39, 0.29) is 24.1 Å². The minimum atomic E-state index is -0.786. The fourth-order valence-electron chi connectivity index (χ4n) is 3.03. The molecule has 0 aromatic heterocycles. The number of anilines is 1. The molecule has 0 atom stereocenters. The first-order chi connectivity index (χ1) is 16.0. The first kappa shape index (κ1) is 23.2. The zero-order valence-corrected chi connectivity index (χ0v) is 18.4. The van der Waals surface area contributed by atoms with Gasteiger partial charge < -0.3 is 15.6 Å². The number of ether oxygens (including phenoxy) is 1. The van der Waals surface area contributed by atoms with E-state index in [4.69, 9.17) is 4.74 Å². The fraction of sp³-hybridized carbons (Fsp3) is 0.148. The minimum absolute atomic E-state index is 0.199. The molecule has 0 aliphatic rings. The number of esters is 1. The van der Waals surface area contributed by atoms with E-state index in [1.807, 2.05) is 24.3 Å². The van der Waals surface area contributed by atoms with Crippen molar-refractivity contribution in [3.63, 3.8) is 0 Å². The number of hydrogen-bond donors (Lipinski definition) is 1. The molecule has 0 unspecified atom stereocenters. The van der Waals surface area contributed by atoms with Gasteiger partial charge in [-0.15, -0.1) is 0 Å². The Balaban J connectivity index is 1.75. The molecular weight excluding hydrogens is 414 g/mol. The SMILES string of the molecule is CC(C)c1ccc(NC(=O)c2ccccc2)c(C#CCOC(=O)C(=[N+]=[N-])c2ccccc2)c1. The third-order valence-electron chi connectivity index (χ3n) is 4.83. The molecule has 0 saturated heterocycles. The van der Waals surface area contributed by atoms with Gasteiger partial charge in [0.2, 0.25) is 0 Å². The lowest BCUT2D eigenvalue weighted by atomic mass is 9.99. The van der Waals surface area contributed by atoms with Gasteiger partial charge in [-0.3, -0.25) is 4.79 Å². The van der Waals surface area contributed by atoms with Crippen molar-refractivity contribution in [1.82, 2.24) is 0 Å². The van der Waals surface area contributed by atoms with Crippen molar-refractivity contribution in [2.75, 3.05) is 11.9 Å². The summed E-state index contributed by atoms with van der Waals surface area (Å²) in [5.74, 6) is 5.02. The first-order valence-corrected chi connectivity index (χ1v) is 10.4. The zero-order chi connectivity index (χ0) is 23.6. The summed E-state index contributed by atoms with van der Waals surface area (Å²) in [6.07, 6.45) is 0. The predicted octanol–water partition coefficient (Wildman–Crippen LogP) is 4.68. The van der Waals surface area contributed by atoms with Gasteiger partial charge in [-0.1, -0.05) is 68.2 Å². The topological polar surface area (TPSA) is 91.8 Å². The highest BCUT2D eigenvalue weighted by atomic mass is 16.5. The van der Waals surface area contributed by atoms with Crippen LogP contribution in [0.1, 0.15) is 46.8 Å². The highest BCUT2D eigenvalue weighted by molar-refractivity contribution is 6.40. The van der Waals surface area contributed by atoms with E-state index in [1.54, 1.807) is 54.6 Å². The Kier molecular flexibility index (Phi) is 7.91. The number of hydrogen-bond acceptors (Lipinski definition) is 3. The summed E-state index contributed by atoms with van der Waals surface area (Å²) < 4.78 is 5.15. The van der Waals surface area contributed by atoms with Crippen LogP contribution in [0.2, 0.25) is 0 Å². The van der Waals surface area contributed by atoms with Crippen molar-refractivity contribution >= 4 is 23.3 Å². The Morgan fingerprint density at radius 3 is 2.21 bits per heavy atom. The molecule has 3 aromatic carbocycles. The predicted molar refractivity (Wildman–Crippen MR) is 127 cm³/mol. The van der Waals surface area contributed by atoms with E-state index >= 15 is 0 Å². The summed E-state index contributed by atoms with van der Waals surface area (Å²) in [5.41, 5.74) is 12.2. The molecular formula is C27H23N3O3. The Hall–Kier alpha value is -4.46. The van der Waals surface area contributed by atoms with Gasteiger partial charge in [0.05, 0.1) is 11.3 Å². The van der Waals surface area contributed by atoms with Crippen molar-refractivity contribution in [2.45, 2.75) is 19.8 Å². The maximum atomic E-state index is 12.6. The molecule has 3 rings (SSSR count). The van der Waals surface area contributed by atoms with E-state index in [0.717, 1.165) is 5.56 Å². The number of nitrogens with one attached hydrogen (secondary N) is 1. The van der Waals surface area contributed by atoms with Crippen molar-refractivity contribution in [2.24, 2.45) is 0 Å². The summed E-state index contributed by atoms with van der Waals surface area (Å²) in [6, 6.07) is 23.1. The van der Waals surface area contributed by atoms with Crippen LogP contribution in [0.4, 0.5) is 5.69 Å². The third kappa shape index (κ3) is 6.27. The third-order valence-corrected chi connectivity index (χ3v) is 4.83. The first-order valence-electron chi connectivity index (χ1n) is 10.4. The Labute approximate surface area is 192 Å². The van der Waals surface area contributed by atoms with E-state index in [2.05, 4.69) is 35.8 Å². The second-order valence-electron chi connectivity index (χ2n) is 7.47. The summed E-state index contributed by atoms with van der Waals surface area (Å²) in [7, 11) is 0. The molecule has 1 amide bonds. The number of nitrogens with zero attached hydrogens (tertiary/aromatic N) is 2. The molecule has 0 spiro atoms. The molecule has 1 N–H and O–H groups in total. The lowest BCUT2D eigenvalue weighted by Crippen LogP contribution is -2.20. The molecule has 6 heteroatoms. The molecule has 6 nitrogen and oxygen atoms in total. The van der Waals surface area contributed by atoms with Crippen LogP contribution in [0.15, 0.2) is 78.9 Å². The van der Waals surface area contributed by atoms with Gasteiger partial charge in [-0.25, -0.2) is 4.79 Å². The van der Waals surface area contributed by atoms with Gasteiger partial charge in [-0.2, -0.15) is 4.79 Å².